The lowest BCUT2D eigenvalue weighted by Gasteiger charge is -2.24. The molecule has 4 rings (SSSR count). The highest BCUT2D eigenvalue weighted by Crippen LogP contribution is 2.25. The van der Waals surface area contributed by atoms with Crippen LogP contribution in [0.5, 0.6) is 0 Å². The van der Waals surface area contributed by atoms with Crippen molar-refractivity contribution in [3.8, 4) is 0 Å². The molecule has 0 saturated carbocycles. The second-order valence-electron chi connectivity index (χ2n) is 5.98. The number of nitrogens with zero attached hydrogens (tertiary/aromatic N) is 4. The molecule has 118 valence electrons. The lowest BCUT2D eigenvalue weighted by atomic mass is 10.1. The molecule has 1 atom stereocenters. The molecule has 0 bridgehead atoms. The van der Waals surface area contributed by atoms with Crippen LogP contribution in [0.2, 0.25) is 5.02 Å². The molecule has 0 radical (unpaired) electrons. The molecule has 3 aromatic rings. The Kier molecular flexibility index (Phi) is 3.75. The van der Waals surface area contributed by atoms with Crippen molar-refractivity contribution >= 4 is 22.5 Å². The zero-order valence-electron chi connectivity index (χ0n) is 13.0. The first-order valence-electron chi connectivity index (χ1n) is 7.86. The van der Waals surface area contributed by atoms with E-state index >= 15 is 0 Å². The summed E-state index contributed by atoms with van der Waals surface area (Å²) in [5.74, 6) is 1.95. The lowest BCUT2D eigenvalue weighted by Crippen LogP contribution is -2.37. The van der Waals surface area contributed by atoms with Crippen LogP contribution in [0.4, 0.5) is 0 Å². The van der Waals surface area contributed by atoms with E-state index in [2.05, 4.69) is 26.4 Å². The number of nitrogens with one attached hydrogen (secondary N) is 1. The number of hydrogen-bond acceptors (Lipinski definition) is 4. The van der Waals surface area contributed by atoms with Gasteiger partial charge in [0.25, 0.3) is 0 Å². The van der Waals surface area contributed by atoms with E-state index in [0.717, 1.165) is 53.5 Å². The Labute approximate surface area is 139 Å². The quantitative estimate of drug-likeness (QED) is 0.803. The van der Waals surface area contributed by atoms with Gasteiger partial charge in [-0.3, -0.25) is 4.98 Å². The van der Waals surface area contributed by atoms with E-state index in [0.29, 0.717) is 6.04 Å². The average molecular weight is 328 g/mol. The third-order valence-electron chi connectivity index (χ3n) is 4.35. The molecule has 0 aliphatic carbocycles. The highest BCUT2D eigenvalue weighted by molar-refractivity contribution is 6.35. The number of fused-ring (bicyclic) bond motifs is 2. The van der Waals surface area contributed by atoms with Crippen molar-refractivity contribution in [2.75, 3.05) is 0 Å². The second kappa shape index (κ2) is 5.91. The molecule has 1 aromatic carbocycles. The van der Waals surface area contributed by atoms with Crippen molar-refractivity contribution in [1.29, 1.82) is 0 Å². The van der Waals surface area contributed by atoms with Gasteiger partial charge in [0.15, 0.2) is 0 Å². The molecule has 1 aliphatic rings. The fraction of sp³-hybridized carbons (Fsp3) is 0.353. The monoisotopic (exact) mass is 327 g/mol. The molecule has 1 N–H and O–H groups in total. The van der Waals surface area contributed by atoms with Crippen LogP contribution in [-0.2, 0) is 19.5 Å². The summed E-state index contributed by atoms with van der Waals surface area (Å²) in [4.78, 5) is 8.95. The summed E-state index contributed by atoms with van der Waals surface area (Å²) >= 11 is 6.26. The smallest absolute Gasteiger partial charge is 0.147 e. The molecular weight excluding hydrogens is 310 g/mol. The number of hydrogen-bond donors (Lipinski definition) is 1. The van der Waals surface area contributed by atoms with Gasteiger partial charge < -0.3 is 5.32 Å². The number of rotatable bonds is 3. The van der Waals surface area contributed by atoms with E-state index in [4.69, 9.17) is 11.6 Å². The van der Waals surface area contributed by atoms with Gasteiger partial charge in [0.05, 0.1) is 12.1 Å². The Morgan fingerprint density at radius 2 is 2.26 bits per heavy atom. The SMILES string of the molecule is Cc1nc2n(n1)C[C@H](NCc1ccc(Cl)c3cccnc13)CC2. The summed E-state index contributed by atoms with van der Waals surface area (Å²) in [6.07, 6.45) is 3.86. The molecule has 0 unspecified atom stereocenters. The van der Waals surface area contributed by atoms with Crippen LogP contribution in [0.15, 0.2) is 30.5 Å². The molecule has 0 saturated heterocycles. The van der Waals surface area contributed by atoms with Crippen molar-refractivity contribution < 1.29 is 0 Å². The van der Waals surface area contributed by atoms with Gasteiger partial charge in [-0.25, -0.2) is 9.67 Å². The normalized spacial score (nSPS) is 17.4. The maximum Gasteiger partial charge on any atom is 0.147 e. The van der Waals surface area contributed by atoms with Crippen LogP contribution >= 0.6 is 11.6 Å². The van der Waals surface area contributed by atoms with Gasteiger partial charge in [0.2, 0.25) is 0 Å². The summed E-state index contributed by atoms with van der Waals surface area (Å²) in [5.41, 5.74) is 2.14. The van der Waals surface area contributed by atoms with Gasteiger partial charge in [-0.05, 0) is 37.1 Å². The third kappa shape index (κ3) is 2.82. The first-order valence-corrected chi connectivity index (χ1v) is 8.24. The zero-order chi connectivity index (χ0) is 15.8. The standard InChI is InChI=1S/C17H18ClN5/c1-11-21-16-7-5-13(10-23(16)22-11)20-9-12-4-6-15(18)14-3-2-8-19-17(12)14/h2-4,6,8,13,20H,5,7,9-10H2,1H3/t13-/m1/s1. The maximum atomic E-state index is 6.26. The van der Waals surface area contributed by atoms with E-state index in [9.17, 15) is 0 Å². The molecule has 0 spiro atoms. The number of aromatic nitrogens is 4. The minimum Gasteiger partial charge on any atom is -0.308 e. The largest absolute Gasteiger partial charge is 0.308 e. The topological polar surface area (TPSA) is 55.6 Å². The Bertz CT molecular complexity index is 857. The van der Waals surface area contributed by atoms with E-state index in [1.807, 2.05) is 36.0 Å². The van der Waals surface area contributed by atoms with Crippen molar-refractivity contribution in [3.05, 3.63) is 52.7 Å². The van der Waals surface area contributed by atoms with Crippen molar-refractivity contribution in [2.45, 2.75) is 38.9 Å². The van der Waals surface area contributed by atoms with Crippen LogP contribution in [0.25, 0.3) is 10.9 Å². The Hall–Kier alpha value is -1.98. The summed E-state index contributed by atoms with van der Waals surface area (Å²) in [6, 6.07) is 8.33. The van der Waals surface area contributed by atoms with Gasteiger partial charge in [-0.1, -0.05) is 17.7 Å². The fourth-order valence-electron chi connectivity index (χ4n) is 3.19. The van der Waals surface area contributed by atoms with Crippen LogP contribution < -0.4 is 5.32 Å². The lowest BCUT2D eigenvalue weighted by molar-refractivity contribution is 0.358. The number of aryl methyl sites for hydroxylation is 2. The van der Waals surface area contributed by atoms with Gasteiger partial charge >= 0.3 is 0 Å². The van der Waals surface area contributed by atoms with E-state index in [1.54, 1.807) is 0 Å². The summed E-state index contributed by atoms with van der Waals surface area (Å²) < 4.78 is 2.02. The van der Waals surface area contributed by atoms with Crippen molar-refractivity contribution in [1.82, 2.24) is 25.1 Å². The Morgan fingerprint density at radius 3 is 3.17 bits per heavy atom. The highest BCUT2D eigenvalue weighted by atomic mass is 35.5. The molecule has 3 heterocycles. The number of halogens is 1. The van der Waals surface area contributed by atoms with Crippen LogP contribution in [0, 0.1) is 6.92 Å². The predicted octanol–water partition coefficient (Wildman–Crippen LogP) is 2.89. The van der Waals surface area contributed by atoms with Crippen LogP contribution in [-0.4, -0.2) is 25.8 Å². The Morgan fingerprint density at radius 1 is 1.35 bits per heavy atom. The van der Waals surface area contributed by atoms with Gasteiger partial charge in [-0.2, -0.15) is 5.10 Å². The molecule has 1 aliphatic heterocycles. The van der Waals surface area contributed by atoms with E-state index in [-0.39, 0.29) is 0 Å². The predicted molar refractivity (Wildman–Crippen MR) is 90.5 cm³/mol. The van der Waals surface area contributed by atoms with E-state index in [1.165, 1.54) is 5.56 Å². The maximum absolute atomic E-state index is 6.26. The van der Waals surface area contributed by atoms with E-state index < -0.39 is 0 Å². The van der Waals surface area contributed by atoms with Gasteiger partial charge in [0.1, 0.15) is 11.6 Å². The third-order valence-corrected chi connectivity index (χ3v) is 4.67. The molecule has 6 heteroatoms. The Balaban J connectivity index is 1.51. The summed E-state index contributed by atoms with van der Waals surface area (Å²) in [7, 11) is 0. The van der Waals surface area contributed by atoms with Crippen molar-refractivity contribution in [3.63, 3.8) is 0 Å². The molecule has 0 fully saturated rings. The number of pyridine rings is 1. The van der Waals surface area contributed by atoms with Crippen LogP contribution in [0.3, 0.4) is 0 Å². The van der Waals surface area contributed by atoms with Gasteiger partial charge in [0, 0.05) is 35.6 Å². The van der Waals surface area contributed by atoms with Gasteiger partial charge in [-0.15, -0.1) is 0 Å². The minimum absolute atomic E-state index is 0.401. The first kappa shape index (κ1) is 14.6. The average Bonchev–Trinajstić information content (AvgIpc) is 2.94. The fourth-order valence-corrected chi connectivity index (χ4v) is 3.41. The van der Waals surface area contributed by atoms with Crippen molar-refractivity contribution in [2.24, 2.45) is 0 Å². The molecule has 2 aromatic heterocycles. The zero-order valence-corrected chi connectivity index (χ0v) is 13.7. The number of benzene rings is 1. The second-order valence-corrected chi connectivity index (χ2v) is 6.39. The molecular formula is C17H18ClN5. The summed E-state index contributed by atoms with van der Waals surface area (Å²) in [6.45, 7) is 3.59. The highest BCUT2D eigenvalue weighted by Gasteiger charge is 2.20. The summed E-state index contributed by atoms with van der Waals surface area (Å²) in [5, 5.41) is 9.83. The minimum atomic E-state index is 0.401. The molecule has 23 heavy (non-hydrogen) atoms. The van der Waals surface area contributed by atoms with Crippen LogP contribution in [0.1, 0.15) is 23.6 Å². The first-order chi connectivity index (χ1) is 11.2. The molecule has 0 amide bonds. The molecule has 5 nitrogen and oxygen atoms in total.